The van der Waals surface area contributed by atoms with Crippen LogP contribution in [0.1, 0.15) is 20.9 Å². The Bertz CT molecular complexity index is 875. The summed E-state index contributed by atoms with van der Waals surface area (Å²) in [6, 6.07) is 15.4. The first-order chi connectivity index (χ1) is 11.6. The predicted octanol–water partition coefficient (Wildman–Crippen LogP) is 3.92. The number of benzene rings is 2. The summed E-state index contributed by atoms with van der Waals surface area (Å²) in [6.07, 6.45) is 1.40. The minimum atomic E-state index is -0.600. The Hall–Kier alpha value is -3.41. The lowest BCUT2D eigenvalue weighted by atomic mass is 10.2. The lowest BCUT2D eigenvalue weighted by molar-refractivity contribution is 0.0994. The molecule has 6 heteroatoms. The van der Waals surface area contributed by atoms with Gasteiger partial charge in [-0.1, -0.05) is 18.2 Å². The molecule has 1 aromatic heterocycles. The molecule has 3 aromatic rings. The van der Waals surface area contributed by atoms with Crippen molar-refractivity contribution in [3.05, 3.63) is 84.1 Å². The SMILES string of the molecule is O=C(Nc1cccc(NC(=O)c2ccccc2F)c1)c1ccco1. The van der Waals surface area contributed by atoms with Crippen LogP contribution in [0.5, 0.6) is 0 Å². The Kier molecular flexibility index (Phi) is 4.38. The van der Waals surface area contributed by atoms with Gasteiger partial charge in [-0.25, -0.2) is 4.39 Å². The average molecular weight is 324 g/mol. The Morgan fingerprint density at radius 1 is 0.833 bits per heavy atom. The molecule has 0 unspecified atom stereocenters. The molecule has 0 bridgehead atoms. The van der Waals surface area contributed by atoms with Gasteiger partial charge in [0.15, 0.2) is 5.76 Å². The predicted molar refractivity (Wildman–Crippen MR) is 87.5 cm³/mol. The maximum atomic E-state index is 13.6. The minimum absolute atomic E-state index is 0.0532. The molecule has 0 radical (unpaired) electrons. The molecule has 0 saturated carbocycles. The summed E-state index contributed by atoms with van der Waals surface area (Å²) >= 11 is 0. The van der Waals surface area contributed by atoms with Crippen LogP contribution in [0, 0.1) is 5.82 Å². The fraction of sp³-hybridized carbons (Fsp3) is 0. The highest BCUT2D eigenvalue weighted by Crippen LogP contribution is 2.18. The highest BCUT2D eigenvalue weighted by Gasteiger charge is 2.12. The lowest BCUT2D eigenvalue weighted by Crippen LogP contribution is -2.14. The number of hydrogen-bond acceptors (Lipinski definition) is 3. The van der Waals surface area contributed by atoms with E-state index in [-0.39, 0.29) is 11.3 Å². The second-order valence-corrected chi connectivity index (χ2v) is 4.95. The Morgan fingerprint density at radius 3 is 2.21 bits per heavy atom. The van der Waals surface area contributed by atoms with Gasteiger partial charge in [-0.05, 0) is 42.5 Å². The molecule has 5 nitrogen and oxygen atoms in total. The number of anilines is 2. The van der Waals surface area contributed by atoms with Gasteiger partial charge in [0.25, 0.3) is 11.8 Å². The maximum Gasteiger partial charge on any atom is 0.291 e. The summed E-state index contributed by atoms with van der Waals surface area (Å²) in [7, 11) is 0. The van der Waals surface area contributed by atoms with Gasteiger partial charge >= 0.3 is 0 Å². The van der Waals surface area contributed by atoms with Crippen LogP contribution in [0.15, 0.2) is 71.3 Å². The standard InChI is InChI=1S/C18H13FN2O3/c19-15-8-2-1-7-14(15)17(22)20-12-5-3-6-13(11-12)21-18(23)16-9-4-10-24-16/h1-11H,(H,20,22)(H,21,23). The quantitative estimate of drug-likeness (QED) is 0.764. The van der Waals surface area contributed by atoms with Crippen LogP contribution in [0.25, 0.3) is 0 Å². The third-order valence-corrected chi connectivity index (χ3v) is 3.24. The van der Waals surface area contributed by atoms with Gasteiger partial charge in [0.05, 0.1) is 11.8 Å². The van der Waals surface area contributed by atoms with Crippen LogP contribution in [-0.4, -0.2) is 11.8 Å². The molecule has 0 spiro atoms. The van der Waals surface area contributed by atoms with Crippen molar-refractivity contribution in [1.82, 2.24) is 0 Å². The van der Waals surface area contributed by atoms with Crippen molar-refractivity contribution < 1.29 is 18.4 Å². The van der Waals surface area contributed by atoms with Crippen molar-refractivity contribution >= 4 is 23.2 Å². The smallest absolute Gasteiger partial charge is 0.291 e. The summed E-state index contributed by atoms with van der Waals surface area (Å²) < 4.78 is 18.6. The fourth-order valence-electron chi connectivity index (χ4n) is 2.12. The lowest BCUT2D eigenvalue weighted by Gasteiger charge is -2.08. The van der Waals surface area contributed by atoms with Gasteiger partial charge in [0.2, 0.25) is 0 Å². The summed E-state index contributed by atoms with van der Waals surface area (Å²) in [5, 5.41) is 5.24. The molecule has 0 aliphatic heterocycles. The highest BCUT2D eigenvalue weighted by atomic mass is 19.1. The maximum absolute atomic E-state index is 13.6. The molecule has 0 saturated heterocycles. The van der Waals surface area contributed by atoms with Crippen LogP contribution in [0.2, 0.25) is 0 Å². The molecule has 2 amide bonds. The third-order valence-electron chi connectivity index (χ3n) is 3.24. The summed E-state index contributed by atoms with van der Waals surface area (Å²) in [5.41, 5.74) is 0.853. The van der Waals surface area contributed by atoms with Crippen molar-refractivity contribution in [3.63, 3.8) is 0 Å². The molecule has 0 fully saturated rings. The molecule has 0 aliphatic rings. The van der Waals surface area contributed by atoms with E-state index in [9.17, 15) is 14.0 Å². The van der Waals surface area contributed by atoms with Crippen molar-refractivity contribution in [1.29, 1.82) is 0 Å². The molecule has 2 N–H and O–H groups in total. The van der Waals surface area contributed by atoms with Gasteiger partial charge in [0, 0.05) is 11.4 Å². The molecule has 120 valence electrons. The van der Waals surface area contributed by atoms with E-state index in [0.29, 0.717) is 11.4 Å². The highest BCUT2D eigenvalue weighted by molar-refractivity contribution is 6.05. The molecule has 0 atom stereocenters. The number of furan rings is 1. The van der Waals surface area contributed by atoms with E-state index in [1.807, 2.05) is 0 Å². The number of rotatable bonds is 4. The number of halogens is 1. The van der Waals surface area contributed by atoms with E-state index >= 15 is 0 Å². The zero-order valence-electron chi connectivity index (χ0n) is 12.5. The Labute approximate surface area is 137 Å². The third kappa shape index (κ3) is 3.49. The topological polar surface area (TPSA) is 71.3 Å². The van der Waals surface area contributed by atoms with Gasteiger partial charge in [0.1, 0.15) is 5.82 Å². The van der Waals surface area contributed by atoms with E-state index in [4.69, 9.17) is 4.42 Å². The second kappa shape index (κ2) is 6.78. The van der Waals surface area contributed by atoms with Gasteiger partial charge in [-0.15, -0.1) is 0 Å². The molecule has 0 aliphatic carbocycles. The number of amides is 2. The zero-order valence-corrected chi connectivity index (χ0v) is 12.5. The fourth-order valence-corrected chi connectivity index (χ4v) is 2.12. The van der Waals surface area contributed by atoms with Crippen molar-refractivity contribution in [2.24, 2.45) is 0 Å². The molecular formula is C18H13FN2O3. The second-order valence-electron chi connectivity index (χ2n) is 4.95. The Morgan fingerprint density at radius 2 is 1.54 bits per heavy atom. The van der Waals surface area contributed by atoms with Crippen molar-refractivity contribution in [3.8, 4) is 0 Å². The van der Waals surface area contributed by atoms with Crippen LogP contribution < -0.4 is 10.6 Å². The number of nitrogens with one attached hydrogen (secondary N) is 2. The summed E-state index contributed by atoms with van der Waals surface area (Å²) in [5.74, 6) is -1.40. The number of carbonyl (C=O) groups excluding carboxylic acids is 2. The number of carbonyl (C=O) groups is 2. The van der Waals surface area contributed by atoms with Crippen LogP contribution >= 0.6 is 0 Å². The number of hydrogen-bond donors (Lipinski definition) is 2. The summed E-state index contributed by atoms with van der Waals surface area (Å²) in [6.45, 7) is 0. The Balaban J connectivity index is 1.72. The van der Waals surface area contributed by atoms with Gasteiger partial charge < -0.3 is 15.1 Å². The van der Waals surface area contributed by atoms with E-state index in [2.05, 4.69) is 10.6 Å². The molecule has 2 aromatic carbocycles. The minimum Gasteiger partial charge on any atom is -0.459 e. The zero-order chi connectivity index (χ0) is 16.9. The first-order valence-electron chi connectivity index (χ1n) is 7.14. The molecule has 3 rings (SSSR count). The summed E-state index contributed by atoms with van der Waals surface area (Å²) in [4.78, 5) is 24.0. The molecular weight excluding hydrogens is 311 g/mol. The molecule has 1 heterocycles. The van der Waals surface area contributed by atoms with Crippen LogP contribution in [-0.2, 0) is 0 Å². The largest absolute Gasteiger partial charge is 0.459 e. The van der Waals surface area contributed by atoms with Crippen molar-refractivity contribution in [2.45, 2.75) is 0 Å². The molecule has 24 heavy (non-hydrogen) atoms. The van der Waals surface area contributed by atoms with Crippen LogP contribution in [0.3, 0.4) is 0 Å². The van der Waals surface area contributed by atoms with Crippen LogP contribution in [0.4, 0.5) is 15.8 Å². The van der Waals surface area contributed by atoms with E-state index in [0.717, 1.165) is 0 Å². The van der Waals surface area contributed by atoms with E-state index < -0.39 is 17.6 Å². The van der Waals surface area contributed by atoms with E-state index in [1.54, 1.807) is 42.5 Å². The first-order valence-corrected chi connectivity index (χ1v) is 7.14. The first kappa shape index (κ1) is 15.5. The monoisotopic (exact) mass is 324 g/mol. The van der Waals surface area contributed by atoms with E-state index in [1.165, 1.54) is 24.5 Å². The average Bonchev–Trinajstić information content (AvgIpc) is 3.10. The van der Waals surface area contributed by atoms with Crippen molar-refractivity contribution in [2.75, 3.05) is 10.6 Å². The van der Waals surface area contributed by atoms with Gasteiger partial charge in [-0.2, -0.15) is 0 Å². The normalized spacial score (nSPS) is 10.2. The van der Waals surface area contributed by atoms with Gasteiger partial charge in [-0.3, -0.25) is 9.59 Å².